The molecule has 1 aliphatic rings. The lowest BCUT2D eigenvalue weighted by Gasteiger charge is -2.34. The van der Waals surface area contributed by atoms with Crippen LogP contribution in [0.3, 0.4) is 0 Å². The van der Waals surface area contributed by atoms with E-state index in [1.165, 1.54) is 0 Å². The van der Waals surface area contributed by atoms with E-state index in [9.17, 15) is 4.79 Å². The third-order valence-electron chi connectivity index (χ3n) is 4.31. The van der Waals surface area contributed by atoms with Crippen LogP contribution in [0.4, 0.5) is 10.6 Å². The van der Waals surface area contributed by atoms with Gasteiger partial charge in [0.05, 0.1) is 6.20 Å². The smallest absolute Gasteiger partial charge is 0.410 e. The maximum absolute atomic E-state index is 12.2. The first-order chi connectivity index (χ1) is 12.3. The number of hydrogen-bond donors (Lipinski definition) is 0. The Kier molecular flexibility index (Phi) is 4.20. The molecule has 1 amide bonds. The molecule has 25 heavy (non-hydrogen) atoms. The summed E-state index contributed by atoms with van der Waals surface area (Å²) < 4.78 is 7.13. The fourth-order valence-corrected chi connectivity index (χ4v) is 2.91. The number of ether oxygens (including phenoxy) is 1. The van der Waals surface area contributed by atoms with Crippen LogP contribution in [0.25, 0.3) is 5.65 Å². The molecule has 7 nitrogen and oxygen atoms in total. The Morgan fingerprint density at radius 1 is 1.04 bits per heavy atom. The van der Waals surface area contributed by atoms with Crippen LogP contribution in [0.2, 0.25) is 0 Å². The second-order valence-corrected chi connectivity index (χ2v) is 5.93. The zero-order valence-electron chi connectivity index (χ0n) is 13.8. The van der Waals surface area contributed by atoms with Gasteiger partial charge in [-0.3, -0.25) is 0 Å². The topological polar surface area (TPSA) is 63.0 Å². The Hall–Kier alpha value is -3.09. The summed E-state index contributed by atoms with van der Waals surface area (Å²) in [6, 6.07) is 13.5. The lowest BCUT2D eigenvalue weighted by molar-refractivity contribution is 0.0941. The van der Waals surface area contributed by atoms with Gasteiger partial charge in [0.1, 0.15) is 12.4 Å². The van der Waals surface area contributed by atoms with Crippen LogP contribution in [0.5, 0.6) is 0 Å². The van der Waals surface area contributed by atoms with E-state index in [1.54, 1.807) is 15.6 Å². The molecule has 1 aliphatic heterocycles. The molecule has 0 N–H and O–H groups in total. The molecular formula is C18H19N5O2. The van der Waals surface area contributed by atoms with Gasteiger partial charge >= 0.3 is 6.09 Å². The van der Waals surface area contributed by atoms with Gasteiger partial charge in [-0.1, -0.05) is 30.3 Å². The third-order valence-corrected chi connectivity index (χ3v) is 4.31. The van der Waals surface area contributed by atoms with Crippen LogP contribution in [-0.4, -0.2) is 51.8 Å². The van der Waals surface area contributed by atoms with E-state index in [0.717, 1.165) is 30.1 Å². The SMILES string of the molecule is O=C(OCc1ccccc1)N1CCN(c2ccn3nccc3n2)CC1. The number of carbonyl (C=O) groups is 1. The largest absolute Gasteiger partial charge is 0.445 e. The summed E-state index contributed by atoms with van der Waals surface area (Å²) in [5, 5.41) is 4.15. The summed E-state index contributed by atoms with van der Waals surface area (Å²) in [6.45, 7) is 3.02. The normalized spacial score (nSPS) is 14.7. The zero-order valence-corrected chi connectivity index (χ0v) is 13.8. The van der Waals surface area contributed by atoms with Gasteiger partial charge < -0.3 is 14.5 Å². The molecule has 1 aromatic carbocycles. The molecule has 7 heteroatoms. The molecule has 1 saturated heterocycles. The van der Waals surface area contributed by atoms with E-state index >= 15 is 0 Å². The quantitative estimate of drug-likeness (QED) is 0.733. The van der Waals surface area contributed by atoms with Crippen molar-refractivity contribution in [3.8, 4) is 0 Å². The molecule has 0 aliphatic carbocycles. The van der Waals surface area contributed by atoms with Crippen molar-refractivity contribution in [3.63, 3.8) is 0 Å². The summed E-state index contributed by atoms with van der Waals surface area (Å²) in [6.07, 6.45) is 3.37. The van der Waals surface area contributed by atoms with Crippen LogP contribution in [-0.2, 0) is 11.3 Å². The van der Waals surface area contributed by atoms with E-state index in [2.05, 4.69) is 15.0 Å². The Morgan fingerprint density at radius 2 is 1.84 bits per heavy atom. The summed E-state index contributed by atoms with van der Waals surface area (Å²) >= 11 is 0. The Bertz CT molecular complexity index is 856. The van der Waals surface area contributed by atoms with Gasteiger partial charge in [0, 0.05) is 38.4 Å². The molecule has 3 aromatic rings. The van der Waals surface area contributed by atoms with Gasteiger partial charge in [0.25, 0.3) is 0 Å². The molecule has 3 heterocycles. The Labute approximate surface area is 145 Å². The molecule has 0 saturated carbocycles. The number of fused-ring (bicyclic) bond motifs is 1. The molecular weight excluding hydrogens is 318 g/mol. The van der Waals surface area contributed by atoms with Crippen molar-refractivity contribution in [2.75, 3.05) is 31.1 Å². The van der Waals surface area contributed by atoms with Gasteiger partial charge in [-0.25, -0.2) is 14.3 Å². The van der Waals surface area contributed by atoms with Gasteiger partial charge in [0.2, 0.25) is 0 Å². The van der Waals surface area contributed by atoms with Crippen molar-refractivity contribution < 1.29 is 9.53 Å². The van der Waals surface area contributed by atoms with Crippen LogP contribution in [0.15, 0.2) is 54.9 Å². The average Bonchev–Trinajstić information content (AvgIpc) is 3.15. The Morgan fingerprint density at radius 3 is 2.64 bits per heavy atom. The third kappa shape index (κ3) is 3.40. The van der Waals surface area contributed by atoms with E-state index in [1.807, 2.05) is 48.7 Å². The fraction of sp³-hybridized carbons (Fsp3) is 0.278. The van der Waals surface area contributed by atoms with Gasteiger partial charge in [-0.15, -0.1) is 0 Å². The monoisotopic (exact) mass is 337 g/mol. The van der Waals surface area contributed by atoms with Gasteiger partial charge in [-0.2, -0.15) is 5.10 Å². The highest BCUT2D eigenvalue weighted by Crippen LogP contribution is 2.15. The average molecular weight is 337 g/mol. The molecule has 4 rings (SSSR count). The highest BCUT2D eigenvalue weighted by molar-refractivity contribution is 5.68. The van der Waals surface area contributed by atoms with Crippen LogP contribution in [0, 0.1) is 0 Å². The number of hydrogen-bond acceptors (Lipinski definition) is 5. The van der Waals surface area contributed by atoms with E-state index < -0.39 is 0 Å². The molecule has 0 atom stereocenters. The fourth-order valence-electron chi connectivity index (χ4n) is 2.91. The number of benzene rings is 1. The number of carbonyl (C=O) groups excluding carboxylic acids is 1. The zero-order chi connectivity index (χ0) is 17.1. The first-order valence-corrected chi connectivity index (χ1v) is 8.30. The molecule has 0 spiro atoms. The van der Waals surface area contributed by atoms with Crippen molar-refractivity contribution in [2.45, 2.75) is 6.61 Å². The standard InChI is InChI=1S/C18H19N5O2/c24-18(25-14-15-4-2-1-3-5-15)22-12-10-21(11-13-22)16-7-9-23-17(20-16)6-8-19-23/h1-9H,10-14H2. The lowest BCUT2D eigenvalue weighted by atomic mass is 10.2. The number of piperazine rings is 1. The number of nitrogens with zero attached hydrogens (tertiary/aromatic N) is 5. The van der Waals surface area contributed by atoms with Crippen molar-refractivity contribution in [3.05, 3.63) is 60.4 Å². The highest BCUT2D eigenvalue weighted by Gasteiger charge is 2.23. The molecule has 1 fully saturated rings. The second kappa shape index (κ2) is 6.80. The summed E-state index contributed by atoms with van der Waals surface area (Å²) in [7, 11) is 0. The minimum absolute atomic E-state index is 0.261. The minimum atomic E-state index is -0.261. The van der Waals surface area contributed by atoms with Gasteiger partial charge in [-0.05, 0) is 11.6 Å². The second-order valence-electron chi connectivity index (χ2n) is 5.93. The maximum atomic E-state index is 12.2. The first-order valence-electron chi connectivity index (χ1n) is 8.30. The predicted molar refractivity (Wildman–Crippen MR) is 93.4 cm³/mol. The summed E-state index contributed by atoms with van der Waals surface area (Å²) in [4.78, 5) is 20.7. The van der Waals surface area contributed by atoms with Crippen LogP contribution >= 0.6 is 0 Å². The van der Waals surface area contributed by atoms with E-state index in [0.29, 0.717) is 19.7 Å². The molecule has 2 aromatic heterocycles. The Balaban J connectivity index is 1.32. The van der Waals surface area contributed by atoms with Crippen molar-refractivity contribution in [1.82, 2.24) is 19.5 Å². The number of rotatable bonds is 3. The number of aromatic nitrogens is 3. The number of amides is 1. The van der Waals surface area contributed by atoms with E-state index in [-0.39, 0.29) is 6.09 Å². The van der Waals surface area contributed by atoms with E-state index in [4.69, 9.17) is 4.74 Å². The molecule has 0 bridgehead atoms. The van der Waals surface area contributed by atoms with Gasteiger partial charge in [0.15, 0.2) is 5.65 Å². The number of anilines is 1. The van der Waals surface area contributed by atoms with Crippen molar-refractivity contribution >= 4 is 17.6 Å². The minimum Gasteiger partial charge on any atom is -0.445 e. The van der Waals surface area contributed by atoms with Crippen molar-refractivity contribution in [1.29, 1.82) is 0 Å². The van der Waals surface area contributed by atoms with Crippen LogP contribution in [0.1, 0.15) is 5.56 Å². The lowest BCUT2D eigenvalue weighted by Crippen LogP contribution is -2.49. The summed E-state index contributed by atoms with van der Waals surface area (Å²) in [5.74, 6) is 0.908. The predicted octanol–water partition coefficient (Wildman–Crippen LogP) is 2.19. The van der Waals surface area contributed by atoms with Crippen molar-refractivity contribution in [2.24, 2.45) is 0 Å². The van der Waals surface area contributed by atoms with Crippen LogP contribution < -0.4 is 4.90 Å². The maximum Gasteiger partial charge on any atom is 0.410 e. The highest BCUT2D eigenvalue weighted by atomic mass is 16.6. The summed E-state index contributed by atoms with van der Waals surface area (Å²) in [5.41, 5.74) is 1.81. The molecule has 128 valence electrons. The first kappa shape index (κ1) is 15.4. The molecule has 0 unspecified atom stereocenters. The molecule has 0 radical (unpaired) electrons.